The molecule has 0 spiro atoms. The van der Waals surface area contributed by atoms with Crippen molar-refractivity contribution in [3.8, 4) is 0 Å². The van der Waals surface area contributed by atoms with Gasteiger partial charge in [0.2, 0.25) is 0 Å². The molecule has 0 atom stereocenters. The lowest BCUT2D eigenvalue weighted by Crippen LogP contribution is -2.27. The van der Waals surface area contributed by atoms with Gasteiger partial charge in [-0.05, 0) is 12.1 Å². The minimum absolute atomic E-state index is 0.120. The minimum Gasteiger partial charge on any atom is -0.409 e. The third-order valence-corrected chi connectivity index (χ3v) is 1.85. The van der Waals surface area contributed by atoms with Crippen molar-refractivity contribution in [3.05, 3.63) is 29.6 Å². The van der Waals surface area contributed by atoms with E-state index in [0.29, 0.717) is 0 Å². The number of nitrogens with two attached hydrogens (primary N) is 1. The van der Waals surface area contributed by atoms with Gasteiger partial charge >= 0.3 is 6.03 Å². The molecule has 1 aromatic rings. The molecule has 0 fully saturated rings. The number of nitrogens with zero attached hydrogens (tertiary/aromatic N) is 1. The molecule has 16 heavy (non-hydrogen) atoms. The van der Waals surface area contributed by atoms with E-state index < -0.39 is 17.7 Å². The van der Waals surface area contributed by atoms with E-state index in [1.807, 2.05) is 0 Å². The maximum Gasteiger partial charge on any atom is 0.318 e. The van der Waals surface area contributed by atoms with Crippen LogP contribution in [0.3, 0.4) is 0 Å². The van der Waals surface area contributed by atoms with Crippen LogP contribution in [0, 0.1) is 5.82 Å². The number of benzene rings is 1. The van der Waals surface area contributed by atoms with Gasteiger partial charge in [0.1, 0.15) is 5.82 Å². The number of hydrogen-bond acceptors (Lipinski definition) is 3. The highest BCUT2D eigenvalue weighted by Gasteiger charge is 2.14. The quantitative estimate of drug-likeness (QED) is 0.258. The fourth-order valence-electron chi connectivity index (χ4n) is 1.12. The normalized spacial score (nSPS) is 11.0. The lowest BCUT2D eigenvalue weighted by Gasteiger charge is -2.10. The Bertz CT molecular complexity index is 434. The number of carbonyl (C=O) groups is 1. The molecule has 0 saturated carbocycles. The lowest BCUT2D eigenvalue weighted by molar-refractivity contribution is 0.254. The largest absolute Gasteiger partial charge is 0.409 e. The zero-order valence-corrected chi connectivity index (χ0v) is 8.49. The van der Waals surface area contributed by atoms with Gasteiger partial charge in [0, 0.05) is 7.05 Å². The van der Waals surface area contributed by atoms with Gasteiger partial charge in [-0.25, -0.2) is 9.18 Å². The maximum absolute atomic E-state index is 13.4. The van der Waals surface area contributed by atoms with Crippen LogP contribution in [0.2, 0.25) is 0 Å². The first-order valence-corrected chi connectivity index (χ1v) is 4.35. The van der Waals surface area contributed by atoms with Crippen molar-refractivity contribution < 1.29 is 14.4 Å². The summed E-state index contributed by atoms with van der Waals surface area (Å²) >= 11 is 0. The molecule has 1 aromatic carbocycles. The van der Waals surface area contributed by atoms with Crippen LogP contribution in [-0.2, 0) is 0 Å². The van der Waals surface area contributed by atoms with Crippen LogP contribution < -0.4 is 16.4 Å². The fraction of sp³-hybridized carbons (Fsp3) is 0.111. The number of halogens is 1. The van der Waals surface area contributed by atoms with Gasteiger partial charge in [0.05, 0.1) is 11.3 Å². The molecule has 86 valence electrons. The summed E-state index contributed by atoms with van der Waals surface area (Å²) in [4.78, 5) is 11.1. The summed E-state index contributed by atoms with van der Waals surface area (Å²) < 4.78 is 13.4. The number of amidine groups is 1. The molecule has 0 aromatic heterocycles. The van der Waals surface area contributed by atoms with Crippen LogP contribution in [0.15, 0.2) is 23.4 Å². The summed E-state index contributed by atoms with van der Waals surface area (Å²) in [7, 11) is 1.41. The molecule has 0 heterocycles. The Morgan fingerprint density at radius 3 is 2.81 bits per heavy atom. The van der Waals surface area contributed by atoms with E-state index in [2.05, 4.69) is 15.8 Å². The molecule has 2 amide bonds. The van der Waals surface area contributed by atoms with Crippen LogP contribution >= 0.6 is 0 Å². The Balaban J connectivity index is 3.18. The number of nitrogens with one attached hydrogen (secondary N) is 2. The zero-order chi connectivity index (χ0) is 12.1. The molecule has 0 aliphatic rings. The SMILES string of the molecule is CNC(=O)Nc1cccc(F)c1/C(N)=N/O. The molecule has 0 unspecified atom stereocenters. The van der Waals surface area contributed by atoms with Gasteiger partial charge in [0.25, 0.3) is 0 Å². The number of urea groups is 1. The summed E-state index contributed by atoms with van der Waals surface area (Å²) in [5.41, 5.74) is 5.26. The molecule has 0 aliphatic heterocycles. The van der Waals surface area contributed by atoms with Crippen molar-refractivity contribution in [3.63, 3.8) is 0 Å². The highest BCUT2D eigenvalue weighted by Crippen LogP contribution is 2.18. The van der Waals surface area contributed by atoms with E-state index in [-0.39, 0.29) is 11.3 Å². The standard InChI is InChI=1S/C9H11FN4O2/c1-12-9(15)13-6-4-2-3-5(10)7(6)8(11)14-16/h2-4,16H,1H3,(H2,11,14)(H2,12,13,15). The molecule has 0 aliphatic carbocycles. The first-order chi connectivity index (χ1) is 7.60. The van der Waals surface area contributed by atoms with Crippen molar-refractivity contribution in [2.75, 3.05) is 12.4 Å². The van der Waals surface area contributed by atoms with Gasteiger partial charge in [-0.2, -0.15) is 0 Å². The molecule has 0 radical (unpaired) electrons. The van der Waals surface area contributed by atoms with Crippen LogP contribution in [0.5, 0.6) is 0 Å². The Morgan fingerprint density at radius 1 is 1.56 bits per heavy atom. The summed E-state index contributed by atoms with van der Waals surface area (Å²) in [5.74, 6) is -1.10. The van der Waals surface area contributed by atoms with Gasteiger partial charge in [-0.1, -0.05) is 11.2 Å². The summed E-state index contributed by atoms with van der Waals surface area (Å²) in [6, 6.07) is 3.45. The van der Waals surface area contributed by atoms with E-state index in [1.54, 1.807) is 0 Å². The van der Waals surface area contributed by atoms with E-state index in [0.717, 1.165) is 6.07 Å². The molecule has 7 heteroatoms. The van der Waals surface area contributed by atoms with Gasteiger partial charge in [-0.3, -0.25) is 0 Å². The third-order valence-electron chi connectivity index (χ3n) is 1.85. The molecule has 6 nitrogen and oxygen atoms in total. The third kappa shape index (κ3) is 2.38. The number of hydrogen-bond donors (Lipinski definition) is 4. The first-order valence-electron chi connectivity index (χ1n) is 4.35. The van der Waals surface area contributed by atoms with E-state index in [1.165, 1.54) is 19.2 Å². The molecule has 0 saturated heterocycles. The van der Waals surface area contributed by atoms with Crippen molar-refractivity contribution in [2.24, 2.45) is 10.9 Å². The summed E-state index contributed by atoms with van der Waals surface area (Å²) in [6.45, 7) is 0. The number of amides is 2. The van der Waals surface area contributed by atoms with Crippen LogP contribution in [0.25, 0.3) is 0 Å². The van der Waals surface area contributed by atoms with E-state index in [9.17, 15) is 9.18 Å². The Kier molecular flexibility index (Phi) is 3.65. The van der Waals surface area contributed by atoms with Crippen molar-refractivity contribution in [1.29, 1.82) is 0 Å². The van der Waals surface area contributed by atoms with E-state index in [4.69, 9.17) is 10.9 Å². The Labute approximate surface area is 90.9 Å². The molecule has 0 bridgehead atoms. The number of anilines is 1. The lowest BCUT2D eigenvalue weighted by atomic mass is 10.1. The van der Waals surface area contributed by atoms with Crippen molar-refractivity contribution >= 4 is 17.6 Å². The topological polar surface area (TPSA) is 99.7 Å². The van der Waals surface area contributed by atoms with E-state index >= 15 is 0 Å². The molecular weight excluding hydrogens is 215 g/mol. The number of oxime groups is 1. The highest BCUT2D eigenvalue weighted by molar-refractivity contribution is 6.05. The molecule has 1 rings (SSSR count). The van der Waals surface area contributed by atoms with Gasteiger partial charge in [0.15, 0.2) is 5.84 Å². The smallest absolute Gasteiger partial charge is 0.318 e. The number of rotatable bonds is 2. The zero-order valence-electron chi connectivity index (χ0n) is 8.49. The van der Waals surface area contributed by atoms with Gasteiger partial charge in [-0.15, -0.1) is 0 Å². The average molecular weight is 226 g/mol. The maximum atomic E-state index is 13.4. The van der Waals surface area contributed by atoms with Gasteiger partial charge < -0.3 is 21.6 Å². The Morgan fingerprint density at radius 2 is 2.25 bits per heavy atom. The predicted molar refractivity (Wildman–Crippen MR) is 57.0 cm³/mol. The second kappa shape index (κ2) is 4.96. The minimum atomic E-state index is -0.691. The second-order valence-electron chi connectivity index (χ2n) is 2.85. The highest BCUT2D eigenvalue weighted by atomic mass is 19.1. The molecular formula is C9H11FN4O2. The first kappa shape index (κ1) is 11.8. The van der Waals surface area contributed by atoms with Crippen LogP contribution in [0.4, 0.5) is 14.9 Å². The van der Waals surface area contributed by atoms with Crippen molar-refractivity contribution in [1.82, 2.24) is 5.32 Å². The molecule has 5 N–H and O–H groups in total. The average Bonchev–Trinajstić information content (AvgIpc) is 2.28. The number of carbonyl (C=O) groups excluding carboxylic acids is 1. The second-order valence-corrected chi connectivity index (χ2v) is 2.85. The predicted octanol–water partition coefficient (Wildman–Crippen LogP) is 0.671. The van der Waals surface area contributed by atoms with Crippen LogP contribution in [-0.4, -0.2) is 24.1 Å². The van der Waals surface area contributed by atoms with Crippen LogP contribution in [0.1, 0.15) is 5.56 Å². The van der Waals surface area contributed by atoms with Crippen molar-refractivity contribution in [2.45, 2.75) is 0 Å². The Hall–Kier alpha value is -2.31. The monoisotopic (exact) mass is 226 g/mol. The summed E-state index contributed by atoms with van der Waals surface area (Å²) in [5, 5.41) is 15.8. The fourth-order valence-corrected chi connectivity index (χ4v) is 1.12. The summed E-state index contributed by atoms with van der Waals surface area (Å²) in [6.07, 6.45) is 0.